The maximum Gasteiger partial charge on any atom is 0.307 e. The number of fused-ring (bicyclic) bond motifs is 3. The van der Waals surface area contributed by atoms with Gasteiger partial charge in [-0.2, -0.15) is 0 Å². The van der Waals surface area contributed by atoms with Crippen LogP contribution in [0.15, 0.2) is 63.9 Å². The molecule has 4 nitrogen and oxygen atoms in total. The van der Waals surface area contributed by atoms with E-state index in [-0.39, 0.29) is 12.2 Å². The molecule has 0 radical (unpaired) electrons. The lowest BCUT2D eigenvalue weighted by Gasteiger charge is -2.19. The molecule has 0 amide bonds. The number of rotatable bonds is 8. The highest BCUT2D eigenvalue weighted by molar-refractivity contribution is 8.00. The smallest absolute Gasteiger partial charge is 0.307 e. The van der Waals surface area contributed by atoms with Crippen molar-refractivity contribution in [2.75, 3.05) is 0 Å². The first kappa shape index (κ1) is 22.4. The SMILES string of the molecule is CCCc1c(C(Sc2ccc(CC(=O)O)cc2Cl)C(C)=O)ccc2oc3ccccc3c12. The van der Waals surface area contributed by atoms with E-state index < -0.39 is 11.2 Å². The molecule has 4 aromatic rings. The van der Waals surface area contributed by atoms with Crippen LogP contribution in [0.5, 0.6) is 0 Å². The van der Waals surface area contributed by atoms with Gasteiger partial charge in [-0.15, -0.1) is 11.8 Å². The zero-order valence-corrected chi connectivity index (χ0v) is 19.4. The van der Waals surface area contributed by atoms with Gasteiger partial charge in [-0.05, 0) is 54.3 Å². The van der Waals surface area contributed by atoms with Gasteiger partial charge in [-0.3, -0.25) is 9.59 Å². The molecule has 0 saturated heterocycles. The molecule has 6 heteroatoms. The maximum absolute atomic E-state index is 12.8. The number of ketones is 1. The Bertz CT molecular complexity index is 1320. The van der Waals surface area contributed by atoms with E-state index >= 15 is 0 Å². The number of carbonyl (C=O) groups is 2. The number of thioether (sulfide) groups is 1. The lowest BCUT2D eigenvalue weighted by atomic mass is 9.94. The molecule has 164 valence electrons. The fourth-order valence-electron chi connectivity index (χ4n) is 4.09. The first-order valence-corrected chi connectivity index (χ1v) is 11.7. The number of halogens is 1. The second-order valence-electron chi connectivity index (χ2n) is 7.80. The molecule has 0 fully saturated rings. The summed E-state index contributed by atoms with van der Waals surface area (Å²) in [5.41, 5.74) is 4.38. The van der Waals surface area contributed by atoms with Gasteiger partial charge in [-0.1, -0.05) is 55.3 Å². The number of hydrogen-bond acceptors (Lipinski definition) is 4. The third kappa shape index (κ3) is 4.41. The zero-order chi connectivity index (χ0) is 22.8. The van der Waals surface area contributed by atoms with Crippen LogP contribution in [0.4, 0.5) is 0 Å². The van der Waals surface area contributed by atoms with Gasteiger partial charge in [0.25, 0.3) is 0 Å². The summed E-state index contributed by atoms with van der Waals surface area (Å²) in [4.78, 5) is 24.5. The predicted octanol–water partition coefficient (Wildman–Crippen LogP) is 7.24. The molecule has 4 rings (SSSR count). The summed E-state index contributed by atoms with van der Waals surface area (Å²) in [6, 6.07) is 17.1. The van der Waals surface area contributed by atoms with Gasteiger partial charge in [0.05, 0.1) is 16.7 Å². The molecule has 0 saturated carbocycles. The van der Waals surface area contributed by atoms with Gasteiger partial charge in [0, 0.05) is 15.7 Å². The molecule has 0 aliphatic heterocycles. The number of para-hydroxylation sites is 1. The number of Topliss-reactive ketones (excluding diaryl/α,β-unsaturated/α-hetero) is 1. The second kappa shape index (κ2) is 9.39. The van der Waals surface area contributed by atoms with E-state index in [0.717, 1.165) is 50.8 Å². The number of aliphatic carboxylic acids is 1. The monoisotopic (exact) mass is 466 g/mol. The van der Waals surface area contributed by atoms with Crippen molar-refractivity contribution >= 4 is 57.1 Å². The van der Waals surface area contributed by atoms with Gasteiger partial charge in [0.2, 0.25) is 0 Å². The largest absolute Gasteiger partial charge is 0.481 e. The highest BCUT2D eigenvalue weighted by atomic mass is 35.5. The number of carbonyl (C=O) groups excluding carboxylic acids is 1. The summed E-state index contributed by atoms with van der Waals surface area (Å²) in [6.07, 6.45) is 1.67. The summed E-state index contributed by atoms with van der Waals surface area (Å²) in [7, 11) is 0. The van der Waals surface area contributed by atoms with Crippen molar-refractivity contribution in [2.45, 2.75) is 43.3 Å². The molecule has 0 spiro atoms. The molecule has 1 atom stereocenters. The van der Waals surface area contributed by atoms with Gasteiger partial charge < -0.3 is 9.52 Å². The first-order valence-electron chi connectivity index (χ1n) is 10.5. The molecule has 1 heterocycles. The predicted molar refractivity (Wildman–Crippen MR) is 130 cm³/mol. The Balaban J connectivity index is 1.81. The average Bonchev–Trinajstić information content (AvgIpc) is 3.12. The first-order chi connectivity index (χ1) is 15.4. The van der Waals surface area contributed by atoms with Crippen LogP contribution in [0.2, 0.25) is 5.02 Å². The van der Waals surface area contributed by atoms with Crippen LogP contribution in [-0.2, 0) is 22.4 Å². The van der Waals surface area contributed by atoms with Crippen molar-refractivity contribution in [3.63, 3.8) is 0 Å². The Morgan fingerprint density at radius 3 is 2.56 bits per heavy atom. The lowest BCUT2D eigenvalue weighted by molar-refractivity contribution is -0.136. The molecule has 1 unspecified atom stereocenters. The van der Waals surface area contributed by atoms with E-state index in [1.54, 1.807) is 25.1 Å². The van der Waals surface area contributed by atoms with E-state index in [9.17, 15) is 9.59 Å². The van der Waals surface area contributed by atoms with Crippen molar-refractivity contribution < 1.29 is 19.1 Å². The molecule has 1 aromatic heterocycles. The molecular weight excluding hydrogens is 444 g/mol. The van der Waals surface area contributed by atoms with Gasteiger partial charge in [0.15, 0.2) is 0 Å². The summed E-state index contributed by atoms with van der Waals surface area (Å²) in [5, 5.41) is 11.2. The van der Waals surface area contributed by atoms with Crippen LogP contribution in [0.3, 0.4) is 0 Å². The Labute approximate surface area is 195 Å². The second-order valence-corrected chi connectivity index (χ2v) is 9.35. The van der Waals surface area contributed by atoms with Gasteiger partial charge in [-0.25, -0.2) is 0 Å². The number of carboxylic acids is 1. The van der Waals surface area contributed by atoms with Crippen LogP contribution in [0, 0.1) is 0 Å². The number of carboxylic acid groups (broad SMARTS) is 1. The van der Waals surface area contributed by atoms with Crippen molar-refractivity contribution in [3.8, 4) is 0 Å². The average molecular weight is 467 g/mol. The third-order valence-electron chi connectivity index (χ3n) is 5.44. The van der Waals surface area contributed by atoms with Gasteiger partial charge >= 0.3 is 5.97 Å². The molecule has 3 aromatic carbocycles. The highest BCUT2D eigenvalue weighted by Crippen LogP contribution is 2.44. The standard InChI is InChI=1S/C26H23ClO4S/c1-3-6-17-18(10-11-22-25(17)19-7-4-5-8-21(19)31-22)26(15(2)28)32-23-12-9-16(13-20(23)27)14-24(29)30/h4-5,7-13,26H,3,6,14H2,1-2H3,(H,29,30). The van der Waals surface area contributed by atoms with E-state index in [4.69, 9.17) is 21.1 Å². The van der Waals surface area contributed by atoms with Crippen molar-refractivity contribution in [1.29, 1.82) is 0 Å². The van der Waals surface area contributed by atoms with Crippen LogP contribution in [-0.4, -0.2) is 16.9 Å². The van der Waals surface area contributed by atoms with Crippen LogP contribution < -0.4 is 0 Å². The quantitative estimate of drug-likeness (QED) is 0.277. The van der Waals surface area contributed by atoms with Crippen molar-refractivity contribution in [1.82, 2.24) is 0 Å². The minimum atomic E-state index is -0.909. The fourth-order valence-corrected chi connectivity index (χ4v) is 5.51. The Morgan fingerprint density at radius 1 is 1.09 bits per heavy atom. The number of furan rings is 1. The Morgan fingerprint density at radius 2 is 1.88 bits per heavy atom. The van der Waals surface area contributed by atoms with Crippen LogP contribution >= 0.6 is 23.4 Å². The van der Waals surface area contributed by atoms with Crippen LogP contribution in [0.1, 0.15) is 42.2 Å². The topological polar surface area (TPSA) is 67.5 Å². The fraction of sp³-hybridized carbons (Fsp3) is 0.231. The van der Waals surface area contributed by atoms with Crippen molar-refractivity contribution in [3.05, 3.63) is 76.3 Å². The summed E-state index contributed by atoms with van der Waals surface area (Å²) < 4.78 is 6.06. The number of hydrogen-bond donors (Lipinski definition) is 1. The van der Waals surface area contributed by atoms with Gasteiger partial charge in [0.1, 0.15) is 16.9 Å². The molecule has 1 N–H and O–H groups in total. The Kier molecular flexibility index (Phi) is 6.58. The van der Waals surface area contributed by atoms with E-state index in [1.807, 2.05) is 30.3 Å². The van der Waals surface area contributed by atoms with E-state index in [0.29, 0.717) is 10.6 Å². The van der Waals surface area contributed by atoms with E-state index in [2.05, 4.69) is 13.0 Å². The summed E-state index contributed by atoms with van der Waals surface area (Å²) in [6.45, 7) is 3.72. The minimum absolute atomic E-state index is 0.0326. The lowest BCUT2D eigenvalue weighted by Crippen LogP contribution is -2.09. The number of benzene rings is 3. The maximum atomic E-state index is 12.8. The summed E-state index contributed by atoms with van der Waals surface area (Å²) >= 11 is 7.87. The summed E-state index contributed by atoms with van der Waals surface area (Å²) in [5.74, 6) is -0.877. The number of aryl methyl sites for hydroxylation is 1. The normalized spacial score (nSPS) is 12.3. The molecular formula is C26H23ClO4S. The third-order valence-corrected chi connectivity index (χ3v) is 7.29. The Hall–Kier alpha value is -2.76. The highest BCUT2D eigenvalue weighted by Gasteiger charge is 2.25. The van der Waals surface area contributed by atoms with E-state index in [1.165, 1.54) is 11.8 Å². The molecule has 0 aliphatic rings. The molecule has 32 heavy (non-hydrogen) atoms. The van der Waals surface area contributed by atoms with Crippen LogP contribution in [0.25, 0.3) is 21.9 Å². The van der Waals surface area contributed by atoms with Crippen molar-refractivity contribution in [2.24, 2.45) is 0 Å². The molecule has 0 bridgehead atoms. The zero-order valence-electron chi connectivity index (χ0n) is 17.9. The molecule has 0 aliphatic carbocycles. The minimum Gasteiger partial charge on any atom is -0.481 e.